The molecular formula is C22H23N5OS2. The number of thiazole rings is 1. The van der Waals surface area contributed by atoms with Gasteiger partial charge in [0, 0.05) is 24.5 Å². The smallest absolute Gasteiger partial charge is 0.237 e. The van der Waals surface area contributed by atoms with Gasteiger partial charge in [-0.3, -0.25) is 9.20 Å². The molecule has 8 heteroatoms. The second-order valence-electron chi connectivity index (χ2n) is 7.51. The van der Waals surface area contributed by atoms with Crippen LogP contribution < -0.4 is 10.2 Å². The summed E-state index contributed by atoms with van der Waals surface area (Å²) in [4.78, 5) is 16.0. The Kier molecular flexibility index (Phi) is 5.35. The SMILES string of the molecule is CC(Sc1nnc2sc3ccccc3n12)C(=O)Nc1ccc(N2CCCCC2)cc1. The Labute approximate surface area is 183 Å². The molecule has 1 fully saturated rings. The third kappa shape index (κ3) is 3.77. The standard InChI is InChI=1S/C22H23N5OS2/c1-15(29-21-24-25-22-27(21)18-7-3-4-8-19(18)30-22)20(28)23-16-9-11-17(12-10-16)26-13-5-2-6-14-26/h3-4,7-12,15H,2,5-6,13-14H2,1H3,(H,23,28). The molecule has 1 amide bonds. The second kappa shape index (κ2) is 8.28. The minimum atomic E-state index is -0.294. The number of amides is 1. The minimum absolute atomic E-state index is 0.0398. The normalized spacial score (nSPS) is 15.6. The van der Waals surface area contributed by atoms with E-state index in [0.717, 1.165) is 39.1 Å². The largest absolute Gasteiger partial charge is 0.372 e. The minimum Gasteiger partial charge on any atom is -0.372 e. The topological polar surface area (TPSA) is 62.5 Å². The number of hydrogen-bond donors (Lipinski definition) is 1. The number of carbonyl (C=O) groups is 1. The van der Waals surface area contributed by atoms with Crippen LogP contribution in [0.4, 0.5) is 11.4 Å². The summed E-state index contributed by atoms with van der Waals surface area (Å²) in [5.41, 5.74) is 3.12. The zero-order chi connectivity index (χ0) is 20.5. The van der Waals surface area contributed by atoms with Gasteiger partial charge >= 0.3 is 0 Å². The lowest BCUT2D eigenvalue weighted by Gasteiger charge is -2.28. The average molecular weight is 438 g/mol. The highest BCUT2D eigenvalue weighted by molar-refractivity contribution is 8.00. The van der Waals surface area contributed by atoms with E-state index in [1.807, 2.05) is 35.6 Å². The van der Waals surface area contributed by atoms with Gasteiger partial charge in [0.15, 0.2) is 5.16 Å². The lowest BCUT2D eigenvalue weighted by Crippen LogP contribution is -2.29. The van der Waals surface area contributed by atoms with Crippen molar-refractivity contribution < 1.29 is 4.79 Å². The first-order valence-corrected chi connectivity index (χ1v) is 11.9. The van der Waals surface area contributed by atoms with Crippen LogP contribution in [0.5, 0.6) is 0 Å². The van der Waals surface area contributed by atoms with Gasteiger partial charge in [0.25, 0.3) is 0 Å². The predicted molar refractivity (Wildman–Crippen MR) is 125 cm³/mol. The number of thioether (sulfide) groups is 1. The molecule has 0 radical (unpaired) electrons. The fraction of sp³-hybridized carbons (Fsp3) is 0.318. The molecule has 4 aromatic rings. The monoisotopic (exact) mass is 437 g/mol. The van der Waals surface area contributed by atoms with E-state index in [2.05, 4.69) is 44.7 Å². The van der Waals surface area contributed by atoms with Crippen LogP contribution in [0.1, 0.15) is 26.2 Å². The van der Waals surface area contributed by atoms with Crippen LogP contribution in [0, 0.1) is 0 Å². The molecular weight excluding hydrogens is 414 g/mol. The van der Waals surface area contributed by atoms with Crippen molar-refractivity contribution in [1.82, 2.24) is 14.6 Å². The first-order chi connectivity index (χ1) is 14.7. The Morgan fingerprint density at radius 2 is 1.83 bits per heavy atom. The van der Waals surface area contributed by atoms with E-state index in [-0.39, 0.29) is 11.2 Å². The molecule has 0 saturated carbocycles. The summed E-state index contributed by atoms with van der Waals surface area (Å²) in [5, 5.41) is 12.1. The van der Waals surface area contributed by atoms with E-state index < -0.39 is 0 Å². The van der Waals surface area contributed by atoms with Gasteiger partial charge in [-0.25, -0.2) is 0 Å². The number of rotatable bonds is 5. The fourth-order valence-corrected chi connectivity index (χ4v) is 5.68. The highest BCUT2D eigenvalue weighted by Gasteiger charge is 2.20. The Morgan fingerprint density at radius 3 is 2.63 bits per heavy atom. The summed E-state index contributed by atoms with van der Waals surface area (Å²) in [7, 11) is 0. The van der Waals surface area contributed by atoms with Crippen LogP contribution in [0.2, 0.25) is 0 Å². The third-order valence-corrected chi connectivity index (χ3v) is 7.47. The maximum absolute atomic E-state index is 12.8. The number of nitrogens with one attached hydrogen (secondary N) is 1. The molecule has 3 heterocycles. The Bertz CT molecular complexity index is 1180. The van der Waals surface area contributed by atoms with Gasteiger partial charge in [-0.1, -0.05) is 35.2 Å². The maximum atomic E-state index is 12.8. The number of aromatic nitrogens is 3. The van der Waals surface area contributed by atoms with Crippen molar-refractivity contribution in [2.24, 2.45) is 0 Å². The number of anilines is 2. The van der Waals surface area contributed by atoms with Crippen molar-refractivity contribution >= 4 is 55.6 Å². The molecule has 1 saturated heterocycles. The highest BCUT2D eigenvalue weighted by atomic mass is 32.2. The molecule has 1 atom stereocenters. The highest BCUT2D eigenvalue weighted by Crippen LogP contribution is 2.31. The number of fused-ring (bicyclic) bond motifs is 3. The second-order valence-corrected chi connectivity index (χ2v) is 9.83. The molecule has 6 nitrogen and oxygen atoms in total. The van der Waals surface area contributed by atoms with Crippen molar-refractivity contribution in [3.05, 3.63) is 48.5 Å². The molecule has 1 unspecified atom stereocenters. The molecule has 1 N–H and O–H groups in total. The maximum Gasteiger partial charge on any atom is 0.237 e. The van der Waals surface area contributed by atoms with Crippen LogP contribution in [-0.2, 0) is 4.79 Å². The van der Waals surface area contributed by atoms with E-state index in [1.165, 1.54) is 36.7 Å². The molecule has 0 aliphatic carbocycles. The molecule has 1 aliphatic heterocycles. The van der Waals surface area contributed by atoms with E-state index >= 15 is 0 Å². The van der Waals surface area contributed by atoms with Crippen molar-refractivity contribution in [2.45, 2.75) is 36.6 Å². The summed E-state index contributed by atoms with van der Waals surface area (Å²) in [5.74, 6) is -0.0398. The van der Waals surface area contributed by atoms with Gasteiger partial charge in [-0.05, 0) is 62.6 Å². The quantitative estimate of drug-likeness (QED) is 0.443. The number of nitrogens with zero attached hydrogens (tertiary/aromatic N) is 4. The number of hydrogen-bond acceptors (Lipinski definition) is 6. The lowest BCUT2D eigenvalue weighted by molar-refractivity contribution is -0.115. The van der Waals surface area contributed by atoms with Gasteiger partial charge in [-0.2, -0.15) is 0 Å². The average Bonchev–Trinajstić information content (AvgIpc) is 3.34. The molecule has 5 rings (SSSR count). The van der Waals surface area contributed by atoms with Gasteiger partial charge in [0.1, 0.15) is 0 Å². The summed E-state index contributed by atoms with van der Waals surface area (Å²) in [6.45, 7) is 4.13. The Hall–Kier alpha value is -2.58. The van der Waals surface area contributed by atoms with Crippen molar-refractivity contribution in [1.29, 1.82) is 0 Å². The Balaban J connectivity index is 1.27. The molecule has 1 aliphatic rings. The van der Waals surface area contributed by atoms with E-state index in [0.29, 0.717) is 0 Å². The molecule has 0 spiro atoms. The van der Waals surface area contributed by atoms with E-state index in [9.17, 15) is 4.79 Å². The summed E-state index contributed by atoms with van der Waals surface area (Å²) in [6, 6.07) is 16.3. The first kappa shape index (κ1) is 19.4. The van der Waals surface area contributed by atoms with Crippen LogP contribution in [0.3, 0.4) is 0 Å². The number of para-hydroxylation sites is 1. The van der Waals surface area contributed by atoms with Crippen molar-refractivity contribution in [3.8, 4) is 0 Å². The first-order valence-electron chi connectivity index (χ1n) is 10.2. The molecule has 0 bridgehead atoms. The lowest BCUT2D eigenvalue weighted by atomic mass is 10.1. The van der Waals surface area contributed by atoms with Gasteiger partial charge in [-0.15, -0.1) is 10.2 Å². The molecule has 154 valence electrons. The van der Waals surface area contributed by atoms with E-state index in [4.69, 9.17) is 0 Å². The predicted octanol–water partition coefficient (Wildman–Crippen LogP) is 5.05. The van der Waals surface area contributed by atoms with E-state index in [1.54, 1.807) is 11.3 Å². The third-order valence-electron chi connectivity index (χ3n) is 5.42. The summed E-state index contributed by atoms with van der Waals surface area (Å²) >= 11 is 3.03. The zero-order valence-corrected chi connectivity index (χ0v) is 18.4. The fourth-order valence-electron chi connectivity index (χ4n) is 3.79. The van der Waals surface area contributed by atoms with Crippen LogP contribution in [-0.4, -0.2) is 38.8 Å². The summed E-state index contributed by atoms with van der Waals surface area (Å²) < 4.78 is 3.19. The van der Waals surface area contributed by atoms with Crippen molar-refractivity contribution in [2.75, 3.05) is 23.3 Å². The zero-order valence-electron chi connectivity index (χ0n) is 16.7. The van der Waals surface area contributed by atoms with Crippen LogP contribution in [0.25, 0.3) is 15.2 Å². The number of piperidine rings is 1. The van der Waals surface area contributed by atoms with Gasteiger partial charge in [0.05, 0.1) is 15.5 Å². The molecule has 2 aromatic carbocycles. The van der Waals surface area contributed by atoms with Crippen LogP contribution >= 0.6 is 23.1 Å². The van der Waals surface area contributed by atoms with Gasteiger partial charge in [0.2, 0.25) is 10.9 Å². The summed E-state index contributed by atoms with van der Waals surface area (Å²) in [6.07, 6.45) is 3.82. The molecule has 30 heavy (non-hydrogen) atoms. The Morgan fingerprint density at radius 1 is 1.07 bits per heavy atom. The number of carbonyl (C=O) groups excluding carboxylic acids is 1. The van der Waals surface area contributed by atoms with Gasteiger partial charge < -0.3 is 10.2 Å². The molecule has 2 aromatic heterocycles. The number of benzene rings is 2. The van der Waals surface area contributed by atoms with Crippen molar-refractivity contribution in [3.63, 3.8) is 0 Å². The van der Waals surface area contributed by atoms with Crippen LogP contribution in [0.15, 0.2) is 53.7 Å².